The molecule has 2 aromatic carbocycles. The van der Waals surface area contributed by atoms with Crippen molar-refractivity contribution in [2.45, 2.75) is 6.61 Å². The second kappa shape index (κ2) is 8.16. The van der Waals surface area contributed by atoms with Gasteiger partial charge in [-0.2, -0.15) is 0 Å². The SMILES string of the molecule is O=C(Nc1ccccc1-c1cccs1)c1cccc(OCc2cscn2)c1. The molecule has 0 unspecified atom stereocenters. The highest BCUT2D eigenvalue weighted by Gasteiger charge is 2.11. The van der Waals surface area contributed by atoms with Crippen molar-refractivity contribution in [2.24, 2.45) is 0 Å². The van der Waals surface area contributed by atoms with E-state index >= 15 is 0 Å². The van der Waals surface area contributed by atoms with Crippen LogP contribution >= 0.6 is 22.7 Å². The van der Waals surface area contributed by atoms with Crippen LogP contribution in [0.2, 0.25) is 0 Å². The number of nitrogens with one attached hydrogen (secondary N) is 1. The molecule has 134 valence electrons. The third-order valence-corrected chi connectivity index (χ3v) is 5.47. The second-order valence-electron chi connectivity index (χ2n) is 5.77. The molecule has 27 heavy (non-hydrogen) atoms. The molecular weight excluding hydrogens is 376 g/mol. The van der Waals surface area contributed by atoms with Gasteiger partial charge in [-0.05, 0) is 35.7 Å². The van der Waals surface area contributed by atoms with Crippen LogP contribution in [0, 0.1) is 0 Å². The van der Waals surface area contributed by atoms with Crippen molar-refractivity contribution < 1.29 is 9.53 Å². The number of carbonyl (C=O) groups is 1. The van der Waals surface area contributed by atoms with Crippen LogP contribution in [0.25, 0.3) is 10.4 Å². The van der Waals surface area contributed by atoms with Crippen molar-refractivity contribution in [2.75, 3.05) is 5.32 Å². The number of para-hydroxylation sites is 1. The molecule has 1 amide bonds. The zero-order valence-corrected chi connectivity index (χ0v) is 15.9. The molecule has 0 aliphatic rings. The van der Waals surface area contributed by atoms with Crippen LogP contribution in [0.4, 0.5) is 5.69 Å². The van der Waals surface area contributed by atoms with Gasteiger partial charge in [0.1, 0.15) is 12.4 Å². The number of rotatable bonds is 6. The third kappa shape index (κ3) is 4.24. The average molecular weight is 393 g/mol. The number of hydrogen-bond acceptors (Lipinski definition) is 5. The van der Waals surface area contributed by atoms with Gasteiger partial charge in [0, 0.05) is 27.1 Å². The first-order valence-electron chi connectivity index (χ1n) is 8.34. The van der Waals surface area contributed by atoms with Gasteiger partial charge in [-0.1, -0.05) is 30.3 Å². The number of anilines is 1. The number of benzene rings is 2. The number of carbonyl (C=O) groups excluding carboxylic acids is 1. The van der Waals surface area contributed by atoms with Gasteiger partial charge in [0.2, 0.25) is 0 Å². The van der Waals surface area contributed by atoms with E-state index < -0.39 is 0 Å². The maximum atomic E-state index is 12.7. The second-order valence-corrected chi connectivity index (χ2v) is 7.44. The van der Waals surface area contributed by atoms with Gasteiger partial charge in [0.05, 0.1) is 11.2 Å². The first kappa shape index (κ1) is 17.5. The lowest BCUT2D eigenvalue weighted by atomic mass is 10.1. The molecule has 4 rings (SSSR count). The van der Waals surface area contributed by atoms with Gasteiger partial charge >= 0.3 is 0 Å². The molecule has 4 aromatic rings. The van der Waals surface area contributed by atoms with E-state index in [1.165, 1.54) is 11.3 Å². The van der Waals surface area contributed by atoms with Crippen LogP contribution in [-0.4, -0.2) is 10.9 Å². The van der Waals surface area contributed by atoms with Gasteiger partial charge in [0.15, 0.2) is 0 Å². The quantitative estimate of drug-likeness (QED) is 0.458. The summed E-state index contributed by atoms with van der Waals surface area (Å²) < 4.78 is 5.74. The lowest BCUT2D eigenvalue weighted by Crippen LogP contribution is -2.12. The Kier molecular flexibility index (Phi) is 5.27. The summed E-state index contributed by atoms with van der Waals surface area (Å²) in [6.07, 6.45) is 0. The van der Waals surface area contributed by atoms with Crippen molar-refractivity contribution in [3.05, 3.63) is 88.2 Å². The fourth-order valence-electron chi connectivity index (χ4n) is 2.63. The molecule has 0 aliphatic carbocycles. The molecule has 0 radical (unpaired) electrons. The van der Waals surface area contributed by atoms with Gasteiger partial charge in [0.25, 0.3) is 5.91 Å². The minimum Gasteiger partial charge on any atom is -0.487 e. The van der Waals surface area contributed by atoms with E-state index in [0.717, 1.165) is 21.8 Å². The minimum atomic E-state index is -0.168. The van der Waals surface area contributed by atoms with Gasteiger partial charge in [-0.15, -0.1) is 22.7 Å². The van der Waals surface area contributed by atoms with Crippen molar-refractivity contribution >= 4 is 34.3 Å². The minimum absolute atomic E-state index is 0.168. The van der Waals surface area contributed by atoms with Crippen molar-refractivity contribution in [3.8, 4) is 16.2 Å². The van der Waals surface area contributed by atoms with Gasteiger partial charge in [-0.25, -0.2) is 4.98 Å². The standard InChI is InChI=1S/C21H16N2O2S2/c24-21(23-19-8-2-1-7-18(19)20-9-4-10-27-20)15-5-3-6-17(11-15)25-12-16-13-26-14-22-16/h1-11,13-14H,12H2,(H,23,24). The lowest BCUT2D eigenvalue weighted by Gasteiger charge is -2.11. The fraction of sp³-hybridized carbons (Fsp3) is 0.0476. The molecule has 4 nitrogen and oxygen atoms in total. The highest BCUT2D eigenvalue weighted by Crippen LogP contribution is 2.31. The van der Waals surface area contributed by atoms with E-state index in [1.807, 2.05) is 59.3 Å². The molecule has 1 N–H and O–H groups in total. The van der Waals surface area contributed by atoms with E-state index in [-0.39, 0.29) is 5.91 Å². The van der Waals surface area contributed by atoms with Crippen molar-refractivity contribution in [3.63, 3.8) is 0 Å². The largest absolute Gasteiger partial charge is 0.487 e. The topological polar surface area (TPSA) is 51.2 Å². The zero-order valence-electron chi connectivity index (χ0n) is 14.3. The molecule has 2 aromatic heterocycles. The number of ether oxygens (including phenoxy) is 1. The van der Waals surface area contributed by atoms with Crippen LogP contribution in [0.1, 0.15) is 16.1 Å². The Morgan fingerprint density at radius 1 is 1.07 bits per heavy atom. The lowest BCUT2D eigenvalue weighted by molar-refractivity contribution is 0.102. The van der Waals surface area contributed by atoms with E-state index in [0.29, 0.717) is 17.9 Å². The molecule has 0 saturated heterocycles. The summed E-state index contributed by atoms with van der Waals surface area (Å²) in [5, 5.41) is 6.98. The van der Waals surface area contributed by atoms with Crippen molar-refractivity contribution in [1.29, 1.82) is 0 Å². The van der Waals surface area contributed by atoms with Crippen LogP contribution in [0.15, 0.2) is 76.9 Å². The van der Waals surface area contributed by atoms with Crippen LogP contribution < -0.4 is 10.1 Å². The highest BCUT2D eigenvalue weighted by molar-refractivity contribution is 7.13. The van der Waals surface area contributed by atoms with Gasteiger partial charge < -0.3 is 10.1 Å². The molecule has 0 saturated carbocycles. The molecule has 0 bridgehead atoms. The Hall–Kier alpha value is -2.96. The Morgan fingerprint density at radius 3 is 2.81 bits per heavy atom. The van der Waals surface area contributed by atoms with E-state index in [1.54, 1.807) is 29.0 Å². The Labute approximate surface area is 165 Å². The number of amides is 1. The summed E-state index contributed by atoms with van der Waals surface area (Å²) in [7, 11) is 0. The first-order chi connectivity index (χ1) is 13.3. The van der Waals surface area contributed by atoms with Gasteiger partial charge in [-0.3, -0.25) is 4.79 Å². The van der Waals surface area contributed by atoms with Crippen LogP contribution in [0.3, 0.4) is 0 Å². The third-order valence-electron chi connectivity index (χ3n) is 3.93. The monoisotopic (exact) mass is 392 g/mol. The highest BCUT2D eigenvalue weighted by atomic mass is 32.1. The molecule has 6 heteroatoms. The Bertz CT molecular complexity index is 1030. The summed E-state index contributed by atoms with van der Waals surface area (Å²) in [4.78, 5) is 18.1. The molecule has 2 heterocycles. The smallest absolute Gasteiger partial charge is 0.255 e. The van der Waals surface area contributed by atoms with Crippen LogP contribution in [-0.2, 0) is 6.61 Å². The molecule has 0 spiro atoms. The van der Waals surface area contributed by atoms with Crippen molar-refractivity contribution in [1.82, 2.24) is 4.98 Å². The number of thiophene rings is 1. The molecular formula is C21H16N2O2S2. The number of hydrogen-bond donors (Lipinski definition) is 1. The summed E-state index contributed by atoms with van der Waals surface area (Å²) in [5.74, 6) is 0.473. The first-order valence-corrected chi connectivity index (χ1v) is 10.2. The normalized spacial score (nSPS) is 10.5. The molecule has 0 atom stereocenters. The number of nitrogens with zero attached hydrogens (tertiary/aromatic N) is 1. The number of aromatic nitrogens is 1. The van der Waals surface area contributed by atoms with E-state index in [2.05, 4.69) is 10.3 Å². The maximum Gasteiger partial charge on any atom is 0.255 e. The van der Waals surface area contributed by atoms with E-state index in [9.17, 15) is 4.79 Å². The molecule has 0 fully saturated rings. The summed E-state index contributed by atoms with van der Waals surface area (Å²) in [6, 6.07) is 19.0. The summed E-state index contributed by atoms with van der Waals surface area (Å²) in [5.41, 5.74) is 5.00. The predicted octanol–water partition coefficient (Wildman–Crippen LogP) is 5.70. The zero-order chi connectivity index (χ0) is 18.5. The Balaban J connectivity index is 1.50. The van der Waals surface area contributed by atoms with E-state index in [4.69, 9.17) is 4.74 Å². The molecule has 0 aliphatic heterocycles. The summed E-state index contributed by atoms with van der Waals surface area (Å²) >= 11 is 3.17. The Morgan fingerprint density at radius 2 is 2.00 bits per heavy atom. The maximum absolute atomic E-state index is 12.7. The number of thiazole rings is 1. The fourth-order valence-corrected chi connectivity index (χ4v) is 3.94. The van der Waals surface area contributed by atoms with Crippen LogP contribution in [0.5, 0.6) is 5.75 Å². The average Bonchev–Trinajstić information content (AvgIpc) is 3.41. The summed E-state index contributed by atoms with van der Waals surface area (Å²) in [6.45, 7) is 0.385. The predicted molar refractivity (Wildman–Crippen MR) is 111 cm³/mol.